The molecule has 3 rings (SSSR count). The quantitative estimate of drug-likeness (QED) is 0.641. The Bertz CT molecular complexity index is 853. The van der Waals surface area contributed by atoms with Crippen molar-refractivity contribution in [3.05, 3.63) is 54.1 Å². The molecular formula is C18H19FGeN2. The number of aryl methyl sites for hydroxylation is 1. The number of nitrogens with zero attached hydrogens (tertiary/aromatic N) is 2. The van der Waals surface area contributed by atoms with Gasteiger partial charge in [0.15, 0.2) is 0 Å². The summed E-state index contributed by atoms with van der Waals surface area (Å²) < 4.78 is 14.9. The molecule has 0 aliphatic rings. The van der Waals surface area contributed by atoms with Crippen LogP contribution in [0.1, 0.15) is 5.56 Å². The first-order valence-corrected chi connectivity index (χ1v) is 14.7. The van der Waals surface area contributed by atoms with Crippen LogP contribution in [-0.2, 0) is 0 Å². The summed E-state index contributed by atoms with van der Waals surface area (Å²) in [6, 6.07) is 11.2. The normalized spacial score (nSPS) is 11.9. The number of benzene rings is 2. The number of halogens is 1. The van der Waals surface area contributed by atoms with Gasteiger partial charge in [-0.05, 0) is 0 Å². The first-order chi connectivity index (χ1) is 10.4. The molecule has 0 atom stereocenters. The molecule has 22 heavy (non-hydrogen) atoms. The van der Waals surface area contributed by atoms with Gasteiger partial charge in [0, 0.05) is 0 Å². The molecule has 0 bridgehead atoms. The van der Waals surface area contributed by atoms with E-state index in [1.54, 1.807) is 6.07 Å². The Morgan fingerprint density at radius 2 is 1.73 bits per heavy atom. The van der Waals surface area contributed by atoms with E-state index in [-0.39, 0.29) is 5.82 Å². The molecule has 0 saturated carbocycles. The summed E-state index contributed by atoms with van der Waals surface area (Å²) in [5.74, 6) is 6.91. The molecule has 0 spiro atoms. The van der Waals surface area contributed by atoms with Crippen molar-refractivity contribution in [3.63, 3.8) is 0 Å². The molecule has 0 aliphatic heterocycles. The Balaban J connectivity index is 2.18. The van der Waals surface area contributed by atoms with E-state index in [1.165, 1.54) is 28.4 Å². The minimum atomic E-state index is -1.85. The first kappa shape index (κ1) is 15.2. The van der Waals surface area contributed by atoms with Gasteiger partial charge < -0.3 is 0 Å². The van der Waals surface area contributed by atoms with E-state index in [0.29, 0.717) is 5.52 Å². The number of aromatic nitrogens is 2. The van der Waals surface area contributed by atoms with Crippen molar-refractivity contribution >= 4 is 28.6 Å². The summed E-state index contributed by atoms with van der Waals surface area (Å²) in [6.45, 7) is 2.17. The maximum absolute atomic E-state index is 13.4. The Hall–Kier alpha value is -1.75. The van der Waals surface area contributed by atoms with Crippen molar-refractivity contribution in [2.24, 2.45) is 0 Å². The summed E-state index contributed by atoms with van der Waals surface area (Å²) in [6.07, 6.45) is 1.50. The monoisotopic (exact) mass is 356 g/mol. The third kappa shape index (κ3) is 2.77. The van der Waals surface area contributed by atoms with Crippen LogP contribution in [0.3, 0.4) is 0 Å². The summed E-state index contributed by atoms with van der Waals surface area (Å²) in [5.41, 5.74) is 3.88. The second-order valence-corrected chi connectivity index (χ2v) is 17.2. The van der Waals surface area contributed by atoms with E-state index in [9.17, 15) is 4.39 Å². The minimum absolute atomic E-state index is 0.274. The molecule has 0 aliphatic carbocycles. The van der Waals surface area contributed by atoms with Crippen molar-refractivity contribution in [1.29, 1.82) is 0 Å². The Morgan fingerprint density at radius 3 is 2.41 bits per heavy atom. The zero-order valence-corrected chi connectivity index (χ0v) is 15.4. The van der Waals surface area contributed by atoms with Crippen LogP contribution in [0.4, 0.5) is 4.39 Å². The number of fused-ring (bicyclic) bond motifs is 1. The Labute approximate surface area is 132 Å². The van der Waals surface area contributed by atoms with Gasteiger partial charge in [-0.3, -0.25) is 0 Å². The van der Waals surface area contributed by atoms with Crippen LogP contribution in [0.15, 0.2) is 42.7 Å². The number of hydrogen-bond donors (Lipinski definition) is 0. The van der Waals surface area contributed by atoms with Crippen LogP contribution in [-0.4, -0.2) is 23.2 Å². The van der Waals surface area contributed by atoms with E-state index < -0.39 is 13.3 Å². The summed E-state index contributed by atoms with van der Waals surface area (Å²) >= 11 is -1.85. The molecule has 0 amide bonds. The molecular weight excluding hydrogens is 336 g/mol. The summed E-state index contributed by atoms with van der Waals surface area (Å²) in [4.78, 5) is 8.59. The van der Waals surface area contributed by atoms with Gasteiger partial charge >= 0.3 is 132 Å². The van der Waals surface area contributed by atoms with Gasteiger partial charge in [0.1, 0.15) is 0 Å². The maximum atomic E-state index is 13.4. The van der Waals surface area contributed by atoms with Gasteiger partial charge in [-0.1, -0.05) is 0 Å². The zero-order chi connectivity index (χ0) is 15.9. The van der Waals surface area contributed by atoms with Crippen LogP contribution >= 0.6 is 0 Å². The van der Waals surface area contributed by atoms with E-state index in [2.05, 4.69) is 52.4 Å². The molecule has 0 unspecified atom stereocenters. The van der Waals surface area contributed by atoms with Crippen LogP contribution in [0, 0.1) is 12.7 Å². The molecule has 0 fully saturated rings. The third-order valence-electron chi connectivity index (χ3n) is 3.91. The predicted molar refractivity (Wildman–Crippen MR) is 92.6 cm³/mol. The second kappa shape index (κ2) is 5.47. The van der Waals surface area contributed by atoms with E-state index in [0.717, 1.165) is 16.6 Å². The summed E-state index contributed by atoms with van der Waals surface area (Å²) in [7, 11) is 0. The molecule has 1 aromatic heterocycles. The van der Waals surface area contributed by atoms with Crippen molar-refractivity contribution in [1.82, 2.24) is 9.97 Å². The van der Waals surface area contributed by atoms with Crippen LogP contribution in [0.5, 0.6) is 0 Å². The molecule has 112 valence electrons. The number of hydrogen-bond acceptors (Lipinski definition) is 2. The molecule has 0 N–H and O–H groups in total. The fourth-order valence-electron chi connectivity index (χ4n) is 2.91. The second-order valence-electron chi connectivity index (χ2n) is 6.66. The fraction of sp³-hybridized carbons (Fsp3) is 0.222. The first-order valence-electron chi connectivity index (χ1n) is 7.38. The van der Waals surface area contributed by atoms with Gasteiger partial charge in [0.2, 0.25) is 0 Å². The molecule has 0 saturated heterocycles. The van der Waals surface area contributed by atoms with Gasteiger partial charge in [-0.2, -0.15) is 0 Å². The van der Waals surface area contributed by atoms with Crippen molar-refractivity contribution in [2.45, 2.75) is 24.2 Å². The standard InChI is InChI=1S/C18H19FGeN2/c1-12-9-13(5-8-16(12)20(2,3)4)18-15-7-6-14(19)10-17(15)21-11-22-18/h5-11H,1-4H3. The van der Waals surface area contributed by atoms with Gasteiger partial charge in [0.25, 0.3) is 0 Å². The van der Waals surface area contributed by atoms with Gasteiger partial charge in [0.05, 0.1) is 0 Å². The Morgan fingerprint density at radius 1 is 0.955 bits per heavy atom. The van der Waals surface area contributed by atoms with E-state index in [1.807, 2.05) is 0 Å². The van der Waals surface area contributed by atoms with Crippen molar-refractivity contribution in [2.75, 3.05) is 0 Å². The van der Waals surface area contributed by atoms with Crippen molar-refractivity contribution < 1.29 is 4.39 Å². The van der Waals surface area contributed by atoms with E-state index in [4.69, 9.17) is 0 Å². The molecule has 2 nitrogen and oxygen atoms in total. The van der Waals surface area contributed by atoms with Gasteiger partial charge in [-0.25, -0.2) is 0 Å². The fourth-order valence-corrected chi connectivity index (χ4v) is 6.77. The molecule has 1 heterocycles. The third-order valence-corrected chi connectivity index (χ3v) is 8.47. The average Bonchev–Trinajstić information content (AvgIpc) is 2.44. The van der Waals surface area contributed by atoms with Crippen LogP contribution in [0.25, 0.3) is 22.2 Å². The molecule has 2 aromatic carbocycles. The molecule has 0 radical (unpaired) electrons. The van der Waals surface area contributed by atoms with Crippen LogP contribution in [0.2, 0.25) is 17.3 Å². The summed E-state index contributed by atoms with van der Waals surface area (Å²) in [5, 5.41) is 0.883. The van der Waals surface area contributed by atoms with Gasteiger partial charge in [-0.15, -0.1) is 0 Å². The van der Waals surface area contributed by atoms with Crippen molar-refractivity contribution in [3.8, 4) is 11.3 Å². The predicted octanol–water partition coefficient (Wildman–Crippen LogP) is 4.29. The Kier molecular flexibility index (Phi) is 3.77. The zero-order valence-electron chi connectivity index (χ0n) is 13.3. The van der Waals surface area contributed by atoms with Crippen LogP contribution < -0.4 is 4.40 Å². The average molecular weight is 355 g/mol. The van der Waals surface area contributed by atoms with E-state index >= 15 is 0 Å². The molecule has 3 aromatic rings. The molecule has 4 heteroatoms. The SMILES string of the molecule is Cc1cc(-c2ncnc3cc(F)ccc23)cc[c]1[Ge]([CH3])([CH3])[CH3]. The number of rotatable bonds is 2. The topological polar surface area (TPSA) is 25.8 Å².